The van der Waals surface area contributed by atoms with Crippen molar-refractivity contribution in [2.45, 2.75) is 6.54 Å². The molecule has 0 atom stereocenters. The summed E-state index contributed by atoms with van der Waals surface area (Å²) in [7, 11) is 0. The monoisotopic (exact) mass is 338 g/mol. The largest absolute Gasteiger partial charge is 0.354 e. The molecule has 0 saturated carbocycles. The molecule has 0 aliphatic carbocycles. The van der Waals surface area contributed by atoms with E-state index in [0.717, 1.165) is 38.3 Å². The van der Waals surface area contributed by atoms with Gasteiger partial charge < -0.3 is 16.0 Å². The first-order valence-electron chi connectivity index (χ1n) is 8.23. The number of hydrogen-bond donors (Lipinski definition) is 3. The number of hydrogen-bond acceptors (Lipinski definition) is 4. The lowest BCUT2D eigenvalue weighted by Gasteiger charge is -2.36. The van der Waals surface area contributed by atoms with Gasteiger partial charge in [-0.3, -0.25) is 15.3 Å². The first-order chi connectivity index (χ1) is 12.1. The maximum absolute atomic E-state index is 11.0. The second kappa shape index (κ2) is 7.76. The summed E-state index contributed by atoms with van der Waals surface area (Å²) in [6.07, 6.45) is 3.63. The number of amidine groups is 1. The van der Waals surface area contributed by atoms with Crippen LogP contribution in [0.4, 0.5) is 10.5 Å². The van der Waals surface area contributed by atoms with Gasteiger partial charge in [0.25, 0.3) is 0 Å². The standard InChI is InChI=1S/C18H22N6O/c19-17(15-2-1-3-16(12-15)22-18(20)25)24-10-8-23(9-11-24)13-14-4-6-21-7-5-14/h1-7,12,19H,8-11,13H2,(H3,20,22,25). The van der Waals surface area contributed by atoms with E-state index in [9.17, 15) is 4.79 Å². The van der Waals surface area contributed by atoms with Gasteiger partial charge in [-0.2, -0.15) is 0 Å². The van der Waals surface area contributed by atoms with E-state index in [4.69, 9.17) is 11.1 Å². The number of aromatic nitrogens is 1. The summed E-state index contributed by atoms with van der Waals surface area (Å²) in [4.78, 5) is 19.5. The van der Waals surface area contributed by atoms with Crippen molar-refractivity contribution in [2.24, 2.45) is 5.73 Å². The normalized spacial score (nSPS) is 15.0. The molecule has 130 valence electrons. The minimum atomic E-state index is -0.603. The zero-order chi connectivity index (χ0) is 17.6. The predicted molar refractivity (Wildman–Crippen MR) is 97.6 cm³/mol. The molecule has 1 saturated heterocycles. The van der Waals surface area contributed by atoms with Crippen LogP contribution < -0.4 is 11.1 Å². The average Bonchev–Trinajstić information content (AvgIpc) is 2.62. The second-order valence-corrected chi connectivity index (χ2v) is 6.04. The van der Waals surface area contributed by atoms with Crippen LogP contribution >= 0.6 is 0 Å². The van der Waals surface area contributed by atoms with Crippen LogP contribution in [-0.2, 0) is 6.54 Å². The van der Waals surface area contributed by atoms with E-state index in [2.05, 4.69) is 20.1 Å². The van der Waals surface area contributed by atoms with Crippen molar-refractivity contribution in [3.05, 3.63) is 59.9 Å². The van der Waals surface area contributed by atoms with Crippen molar-refractivity contribution >= 4 is 17.6 Å². The first kappa shape index (κ1) is 16.9. The second-order valence-electron chi connectivity index (χ2n) is 6.04. The molecular formula is C18H22N6O. The van der Waals surface area contributed by atoms with Gasteiger partial charge in [0, 0.05) is 56.4 Å². The van der Waals surface area contributed by atoms with Crippen LogP contribution in [0, 0.1) is 5.41 Å². The molecule has 4 N–H and O–H groups in total. The Morgan fingerprint density at radius 1 is 1.16 bits per heavy atom. The number of amides is 2. The predicted octanol–water partition coefficient (Wildman–Crippen LogP) is 1.72. The van der Waals surface area contributed by atoms with E-state index in [0.29, 0.717) is 11.5 Å². The highest BCUT2D eigenvalue weighted by molar-refractivity contribution is 5.98. The molecular weight excluding hydrogens is 316 g/mol. The van der Waals surface area contributed by atoms with Gasteiger partial charge in [0.2, 0.25) is 0 Å². The third-order valence-corrected chi connectivity index (χ3v) is 4.25. The van der Waals surface area contributed by atoms with Crippen molar-refractivity contribution in [3.8, 4) is 0 Å². The van der Waals surface area contributed by atoms with Crippen molar-refractivity contribution in [1.82, 2.24) is 14.8 Å². The van der Waals surface area contributed by atoms with Gasteiger partial charge in [-0.1, -0.05) is 12.1 Å². The summed E-state index contributed by atoms with van der Waals surface area (Å²) >= 11 is 0. The number of primary amides is 1. The molecule has 0 unspecified atom stereocenters. The Labute approximate surface area is 147 Å². The Morgan fingerprint density at radius 3 is 2.56 bits per heavy atom. The van der Waals surface area contributed by atoms with Gasteiger partial charge in [-0.25, -0.2) is 4.79 Å². The zero-order valence-electron chi connectivity index (χ0n) is 14.0. The molecule has 25 heavy (non-hydrogen) atoms. The van der Waals surface area contributed by atoms with Crippen molar-refractivity contribution < 1.29 is 4.79 Å². The van der Waals surface area contributed by atoms with Crippen molar-refractivity contribution in [2.75, 3.05) is 31.5 Å². The Balaban J connectivity index is 1.57. The molecule has 0 radical (unpaired) electrons. The maximum atomic E-state index is 11.0. The van der Waals surface area contributed by atoms with Crippen molar-refractivity contribution in [3.63, 3.8) is 0 Å². The summed E-state index contributed by atoms with van der Waals surface area (Å²) in [6.45, 7) is 4.32. The summed E-state index contributed by atoms with van der Waals surface area (Å²) in [6, 6.07) is 10.7. The van der Waals surface area contributed by atoms with Crippen LogP contribution in [0.2, 0.25) is 0 Å². The number of urea groups is 1. The fourth-order valence-corrected chi connectivity index (χ4v) is 2.95. The third kappa shape index (κ3) is 4.54. The molecule has 2 heterocycles. The minimum Gasteiger partial charge on any atom is -0.354 e. The molecule has 2 amide bonds. The van der Waals surface area contributed by atoms with Crippen LogP contribution in [0.1, 0.15) is 11.1 Å². The lowest BCUT2D eigenvalue weighted by atomic mass is 10.1. The molecule has 7 heteroatoms. The Morgan fingerprint density at radius 2 is 1.88 bits per heavy atom. The molecule has 1 aliphatic heterocycles. The minimum absolute atomic E-state index is 0.469. The van der Waals surface area contributed by atoms with Gasteiger partial charge in [-0.15, -0.1) is 0 Å². The summed E-state index contributed by atoms with van der Waals surface area (Å²) < 4.78 is 0. The van der Waals surface area contributed by atoms with Gasteiger partial charge in [0.1, 0.15) is 5.84 Å². The van der Waals surface area contributed by atoms with Gasteiger partial charge in [0.05, 0.1) is 0 Å². The fourth-order valence-electron chi connectivity index (χ4n) is 2.95. The maximum Gasteiger partial charge on any atom is 0.316 e. The Bertz CT molecular complexity index is 740. The smallest absolute Gasteiger partial charge is 0.316 e. The number of anilines is 1. The molecule has 1 aromatic heterocycles. The highest BCUT2D eigenvalue weighted by atomic mass is 16.2. The summed E-state index contributed by atoms with van der Waals surface area (Å²) in [5.74, 6) is 0.469. The number of rotatable bonds is 4. The molecule has 7 nitrogen and oxygen atoms in total. The van der Waals surface area contributed by atoms with Gasteiger partial charge >= 0.3 is 6.03 Å². The van der Waals surface area contributed by atoms with Crippen LogP contribution in [0.15, 0.2) is 48.8 Å². The van der Waals surface area contributed by atoms with Gasteiger partial charge in [0.15, 0.2) is 0 Å². The Hall–Kier alpha value is -2.93. The van der Waals surface area contributed by atoms with E-state index < -0.39 is 6.03 Å². The van der Waals surface area contributed by atoms with E-state index in [-0.39, 0.29) is 0 Å². The lowest BCUT2D eigenvalue weighted by Crippen LogP contribution is -2.48. The number of piperazine rings is 1. The highest BCUT2D eigenvalue weighted by Crippen LogP contribution is 2.15. The SMILES string of the molecule is N=C(c1cccc(NC(N)=O)c1)N1CCN(Cc2ccncc2)CC1. The average molecular weight is 338 g/mol. The van der Waals surface area contributed by atoms with E-state index >= 15 is 0 Å². The molecule has 1 fully saturated rings. The molecule has 1 aliphatic rings. The van der Waals surface area contributed by atoms with E-state index in [1.807, 2.05) is 36.7 Å². The summed E-state index contributed by atoms with van der Waals surface area (Å²) in [5.41, 5.74) is 7.78. The number of nitrogens with one attached hydrogen (secondary N) is 2. The number of nitrogens with two attached hydrogens (primary N) is 1. The van der Waals surface area contributed by atoms with E-state index in [1.54, 1.807) is 12.1 Å². The van der Waals surface area contributed by atoms with Crippen LogP contribution in [0.3, 0.4) is 0 Å². The topological polar surface area (TPSA) is 98.3 Å². The van der Waals surface area contributed by atoms with Gasteiger partial charge in [-0.05, 0) is 29.8 Å². The van der Waals surface area contributed by atoms with Crippen LogP contribution in [0.25, 0.3) is 0 Å². The number of carbonyl (C=O) groups excluding carboxylic acids is 1. The van der Waals surface area contributed by atoms with Crippen LogP contribution in [-0.4, -0.2) is 52.8 Å². The quantitative estimate of drug-likeness (QED) is 0.584. The van der Waals surface area contributed by atoms with E-state index in [1.165, 1.54) is 5.56 Å². The molecule has 0 spiro atoms. The highest BCUT2D eigenvalue weighted by Gasteiger charge is 2.20. The molecule has 0 bridgehead atoms. The number of pyridine rings is 1. The molecule has 2 aromatic rings. The number of nitrogens with zero attached hydrogens (tertiary/aromatic N) is 3. The molecule has 1 aromatic carbocycles. The fraction of sp³-hybridized carbons (Fsp3) is 0.278. The van der Waals surface area contributed by atoms with Crippen LogP contribution in [0.5, 0.6) is 0 Å². The number of benzene rings is 1. The summed E-state index contributed by atoms with van der Waals surface area (Å²) in [5, 5.41) is 11.0. The first-order valence-corrected chi connectivity index (χ1v) is 8.23. The zero-order valence-corrected chi connectivity index (χ0v) is 14.0. The number of carbonyl (C=O) groups is 1. The Kier molecular flexibility index (Phi) is 5.25. The van der Waals surface area contributed by atoms with Crippen molar-refractivity contribution in [1.29, 1.82) is 5.41 Å². The molecule has 3 rings (SSSR count). The lowest BCUT2D eigenvalue weighted by molar-refractivity contribution is 0.175. The third-order valence-electron chi connectivity index (χ3n) is 4.25.